The number of likely N-dealkylation sites (N-methyl/N-ethyl adjacent to an activating group) is 1. The van der Waals surface area contributed by atoms with E-state index in [9.17, 15) is 0 Å². The molecule has 0 aliphatic carbocycles. The van der Waals surface area contributed by atoms with Gasteiger partial charge in [-0.15, -0.1) is 0 Å². The Balaban J connectivity index is 1.89. The number of ether oxygens (including phenoxy) is 1. The van der Waals surface area contributed by atoms with Crippen LogP contribution in [0, 0.1) is 0 Å². The molecule has 1 aromatic carbocycles. The van der Waals surface area contributed by atoms with E-state index in [-0.39, 0.29) is 0 Å². The highest BCUT2D eigenvalue weighted by molar-refractivity contribution is 5.32. The number of H-pyrrole nitrogens is 1. The van der Waals surface area contributed by atoms with E-state index in [2.05, 4.69) is 36.3 Å². The maximum absolute atomic E-state index is 5.39. The number of rotatable bonds is 6. The second kappa shape index (κ2) is 6.90. The van der Waals surface area contributed by atoms with Gasteiger partial charge in [0, 0.05) is 17.7 Å². The van der Waals surface area contributed by atoms with Crippen molar-refractivity contribution in [3.8, 4) is 5.75 Å². The molecule has 2 rings (SSSR count). The van der Waals surface area contributed by atoms with Crippen LogP contribution in [0.2, 0.25) is 0 Å². The molecule has 2 N–H and O–H groups in total. The fraction of sp³-hybridized carbons (Fsp3) is 0.312. The molecule has 0 aliphatic heterocycles. The van der Waals surface area contributed by atoms with Crippen LogP contribution in [-0.4, -0.2) is 20.7 Å². The number of pyridine rings is 1. The van der Waals surface area contributed by atoms with Gasteiger partial charge in [0.2, 0.25) is 0 Å². The maximum atomic E-state index is 5.39. The van der Waals surface area contributed by atoms with E-state index in [1.807, 2.05) is 24.4 Å². The molecule has 1 aromatic heterocycles. The summed E-state index contributed by atoms with van der Waals surface area (Å²) in [5, 5.41) is 0. The lowest BCUT2D eigenvalue weighted by Crippen LogP contribution is -3.07. The Hall–Kier alpha value is -1.87. The largest absolute Gasteiger partial charge is 0.496 e. The molecule has 1 unspecified atom stereocenters. The lowest BCUT2D eigenvalue weighted by molar-refractivity contribution is -0.893. The van der Waals surface area contributed by atoms with Crippen LogP contribution in [0.1, 0.15) is 11.3 Å². The molecule has 0 amide bonds. The Morgan fingerprint density at radius 1 is 1.11 bits per heavy atom. The molecule has 2 aromatic rings. The van der Waals surface area contributed by atoms with Crippen LogP contribution in [0.4, 0.5) is 0 Å². The summed E-state index contributed by atoms with van der Waals surface area (Å²) in [5.74, 6) is 0.980. The van der Waals surface area contributed by atoms with Crippen molar-refractivity contribution in [2.75, 3.05) is 20.7 Å². The number of para-hydroxylation sites is 1. The third kappa shape index (κ3) is 4.07. The summed E-state index contributed by atoms with van der Waals surface area (Å²) in [6.07, 6.45) is 3.03. The monoisotopic (exact) mass is 258 g/mol. The van der Waals surface area contributed by atoms with E-state index in [4.69, 9.17) is 4.74 Å². The Kier molecular flexibility index (Phi) is 4.93. The third-order valence-corrected chi connectivity index (χ3v) is 3.28. The number of nitrogens with one attached hydrogen (secondary N) is 2. The minimum atomic E-state index is 0.980. The van der Waals surface area contributed by atoms with Gasteiger partial charge >= 0.3 is 0 Å². The van der Waals surface area contributed by atoms with Crippen molar-refractivity contribution in [3.63, 3.8) is 0 Å². The quantitative estimate of drug-likeness (QED) is 0.814. The highest BCUT2D eigenvalue weighted by Crippen LogP contribution is 2.15. The van der Waals surface area contributed by atoms with E-state index < -0.39 is 0 Å². The molecule has 0 radical (unpaired) electrons. The first-order valence-electron chi connectivity index (χ1n) is 6.68. The molecule has 3 nitrogen and oxygen atoms in total. The fourth-order valence-corrected chi connectivity index (χ4v) is 2.20. The van der Waals surface area contributed by atoms with Crippen LogP contribution in [0.15, 0.2) is 48.7 Å². The van der Waals surface area contributed by atoms with Crippen LogP contribution in [0.25, 0.3) is 0 Å². The topological polar surface area (TPSA) is 27.8 Å². The second-order valence-corrected chi connectivity index (χ2v) is 4.83. The average molecular weight is 258 g/mol. The van der Waals surface area contributed by atoms with Crippen molar-refractivity contribution in [1.29, 1.82) is 0 Å². The van der Waals surface area contributed by atoms with Crippen molar-refractivity contribution in [2.45, 2.75) is 13.0 Å². The number of quaternary nitrogens is 1. The van der Waals surface area contributed by atoms with Crippen LogP contribution in [0.3, 0.4) is 0 Å². The summed E-state index contributed by atoms with van der Waals surface area (Å²) >= 11 is 0. The molecule has 3 heteroatoms. The van der Waals surface area contributed by atoms with Crippen LogP contribution in [0.5, 0.6) is 5.75 Å². The predicted molar refractivity (Wildman–Crippen MR) is 75.2 cm³/mol. The Bertz CT molecular complexity index is 499. The number of hydrogen-bond acceptors (Lipinski definition) is 1. The number of methoxy groups -OCH3 is 1. The molecular formula is C16H22N2O+2. The van der Waals surface area contributed by atoms with E-state index in [1.54, 1.807) is 7.11 Å². The van der Waals surface area contributed by atoms with Gasteiger partial charge in [0.25, 0.3) is 0 Å². The van der Waals surface area contributed by atoms with Gasteiger partial charge in [-0.1, -0.05) is 18.2 Å². The summed E-state index contributed by atoms with van der Waals surface area (Å²) in [5.41, 5.74) is 2.54. The van der Waals surface area contributed by atoms with Crippen molar-refractivity contribution >= 4 is 0 Å². The standard InChI is InChI=1S/C16H20N2O/c1-18(12-10-15-8-5-6-11-17-15)13-14-7-3-4-9-16(14)19-2/h3-9,11H,10,12-13H2,1-2H3/p+2. The molecule has 0 saturated carbocycles. The molecule has 0 saturated heterocycles. The van der Waals surface area contributed by atoms with E-state index >= 15 is 0 Å². The zero-order valence-corrected chi connectivity index (χ0v) is 11.6. The van der Waals surface area contributed by atoms with Gasteiger partial charge in [0.05, 0.1) is 27.1 Å². The van der Waals surface area contributed by atoms with Gasteiger partial charge in [-0.3, -0.25) is 0 Å². The smallest absolute Gasteiger partial charge is 0.185 e. The van der Waals surface area contributed by atoms with Gasteiger partial charge in [0.1, 0.15) is 12.3 Å². The van der Waals surface area contributed by atoms with Gasteiger partial charge in [-0.2, -0.15) is 0 Å². The van der Waals surface area contributed by atoms with E-state index in [0.29, 0.717) is 0 Å². The SMILES string of the molecule is COc1ccccc1C[NH+](C)CCc1cccc[nH+]1. The van der Waals surface area contributed by atoms with Crippen molar-refractivity contribution in [1.82, 2.24) is 0 Å². The zero-order chi connectivity index (χ0) is 13.5. The predicted octanol–water partition coefficient (Wildman–Crippen LogP) is 0.767. The third-order valence-electron chi connectivity index (χ3n) is 3.28. The highest BCUT2D eigenvalue weighted by Gasteiger charge is 2.10. The number of aromatic nitrogens is 1. The van der Waals surface area contributed by atoms with E-state index in [0.717, 1.165) is 25.3 Å². The molecule has 0 fully saturated rings. The van der Waals surface area contributed by atoms with Gasteiger partial charge in [-0.05, 0) is 12.1 Å². The Morgan fingerprint density at radius 3 is 2.63 bits per heavy atom. The number of aromatic amines is 1. The first-order valence-corrected chi connectivity index (χ1v) is 6.68. The number of benzene rings is 1. The van der Waals surface area contributed by atoms with Gasteiger partial charge in [-0.25, -0.2) is 4.98 Å². The molecule has 100 valence electrons. The molecule has 0 aliphatic rings. The Morgan fingerprint density at radius 2 is 1.89 bits per heavy atom. The van der Waals surface area contributed by atoms with Crippen molar-refractivity contribution in [3.05, 3.63) is 59.9 Å². The lowest BCUT2D eigenvalue weighted by Gasteiger charge is -2.15. The van der Waals surface area contributed by atoms with Gasteiger partial charge in [0.15, 0.2) is 11.9 Å². The molecule has 0 bridgehead atoms. The molecule has 1 heterocycles. The maximum Gasteiger partial charge on any atom is 0.185 e. The minimum Gasteiger partial charge on any atom is -0.496 e. The molecule has 0 spiro atoms. The highest BCUT2D eigenvalue weighted by atomic mass is 16.5. The van der Waals surface area contributed by atoms with Gasteiger partial charge < -0.3 is 9.64 Å². The van der Waals surface area contributed by atoms with E-state index in [1.165, 1.54) is 16.2 Å². The first-order chi connectivity index (χ1) is 9.29. The zero-order valence-electron chi connectivity index (χ0n) is 11.6. The number of hydrogen-bond donors (Lipinski definition) is 1. The first kappa shape index (κ1) is 13.6. The summed E-state index contributed by atoms with van der Waals surface area (Å²) in [7, 11) is 3.95. The van der Waals surface area contributed by atoms with Crippen LogP contribution in [-0.2, 0) is 13.0 Å². The fourth-order valence-electron chi connectivity index (χ4n) is 2.20. The Labute approximate surface area is 114 Å². The van der Waals surface area contributed by atoms with Crippen molar-refractivity contribution < 1.29 is 14.6 Å². The summed E-state index contributed by atoms with van der Waals surface area (Å²) in [6.45, 7) is 2.08. The average Bonchev–Trinajstić information content (AvgIpc) is 2.47. The minimum absolute atomic E-state index is 0.980. The van der Waals surface area contributed by atoms with Crippen molar-refractivity contribution in [2.24, 2.45) is 0 Å². The summed E-state index contributed by atoms with van der Waals surface area (Å²) in [4.78, 5) is 4.75. The second-order valence-electron chi connectivity index (χ2n) is 4.83. The lowest BCUT2D eigenvalue weighted by atomic mass is 10.2. The summed E-state index contributed by atoms with van der Waals surface area (Å²) in [6, 6.07) is 14.4. The molecular weight excluding hydrogens is 236 g/mol. The molecule has 19 heavy (non-hydrogen) atoms. The van der Waals surface area contributed by atoms with Crippen LogP contribution >= 0.6 is 0 Å². The summed E-state index contributed by atoms with van der Waals surface area (Å²) < 4.78 is 5.39. The van der Waals surface area contributed by atoms with Crippen LogP contribution < -0.4 is 14.6 Å². The molecule has 1 atom stereocenters. The normalized spacial score (nSPS) is 12.1.